The number of aliphatic hydroxyl groups is 1. The average molecular weight is 253 g/mol. The zero-order valence-electron chi connectivity index (χ0n) is 10.2. The van der Waals surface area contributed by atoms with Crippen molar-refractivity contribution in [1.82, 2.24) is 5.32 Å². The van der Waals surface area contributed by atoms with E-state index in [0.29, 0.717) is 18.6 Å². The van der Waals surface area contributed by atoms with E-state index in [2.05, 4.69) is 5.32 Å². The Morgan fingerprint density at radius 2 is 2.28 bits per heavy atom. The van der Waals surface area contributed by atoms with Gasteiger partial charge in [-0.2, -0.15) is 0 Å². The van der Waals surface area contributed by atoms with E-state index < -0.39 is 17.3 Å². The third kappa shape index (κ3) is 2.61. The van der Waals surface area contributed by atoms with E-state index in [4.69, 9.17) is 4.74 Å². The van der Waals surface area contributed by atoms with E-state index in [1.807, 2.05) is 0 Å². The van der Waals surface area contributed by atoms with E-state index in [0.717, 1.165) is 12.5 Å². The van der Waals surface area contributed by atoms with Gasteiger partial charge in [0.1, 0.15) is 11.6 Å². The molecule has 1 aromatic rings. The third-order valence-electron chi connectivity index (χ3n) is 3.27. The van der Waals surface area contributed by atoms with Crippen molar-refractivity contribution in [2.45, 2.75) is 24.9 Å². The van der Waals surface area contributed by atoms with Crippen molar-refractivity contribution in [2.75, 3.05) is 13.7 Å². The van der Waals surface area contributed by atoms with Crippen LogP contribution in [0.4, 0.5) is 4.39 Å². The molecular weight excluding hydrogens is 237 g/mol. The summed E-state index contributed by atoms with van der Waals surface area (Å²) in [6, 6.07) is 3.76. The van der Waals surface area contributed by atoms with Crippen molar-refractivity contribution in [3.05, 3.63) is 29.6 Å². The van der Waals surface area contributed by atoms with Crippen molar-refractivity contribution in [1.29, 1.82) is 0 Å². The van der Waals surface area contributed by atoms with Crippen LogP contribution in [0.15, 0.2) is 18.2 Å². The SMILES string of the molecule is COc1ccc(F)cc1C(=O)NCC1(O)CCC1. The first-order chi connectivity index (χ1) is 8.54. The number of halogens is 1. The summed E-state index contributed by atoms with van der Waals surface area (Å²) >= 11 is 0. The van der Waals surface area contributed by atoms with Crippen LogP contribution in [0.5, 0.6) is 5.75 Å². The van der Waals surface area contributed by atoms with Crippen molar-refractivity contribution >= 4 is 5.91 Å². The second kappa shape index (κ2) is 4.94. The second-order valence-corrected chi connectivity index (χ2v) is 4.61. The standard InChI is InChI=1S/C13H16FNO3/c1-18-11-4-3-9(14)7-10(11)12(16)15-8-13(17)5-2-6-13/h3-4,7,17H,2,5-6,8H2,1H3,(H,15,16). The number of methoxy groups -OCH3 is 1. The quantitative estimate of drug-likeness (QED) is 0.854. The molecule has 5 heteroatoms. The van der Waals surface area contributed by atoms with Gasteiger partial charge in [0.25, 0.3) is 5.91 Å². The predicted molar refractivity (Wildman–Crippen MR) is 64.1 cm³/mol. The molecule has 1 saturated carbocycles. The molecule has 18 heavy (non-hydrogen) atoms. The molecule has 1 aromatic carbocycles. The lowest BCUT2D eigenvalue weighted by molar-refractivity contribution is -0.0300. The van der Waals surface area contributed by atoms with E-state index in [9.17, 15) is 14.3 Å². The largest absolute Gasteiger partial charge is 0.496 e. The van der Waals surface area contributed by atoms with Crippen molar-refractivity contribution in [3.63, 3.8) is 0 Å². The molecule has 1 aliphatic carbocycles. The molecule has 0 saturated heterocycles. The monoisotopic (exact) mass is 253 g/mol. The molecule has 0 atom stereocenters. The van der Waals surface area contributed by atoms with Crippen molar-refractivity contribution < 1.29 is 19.0 Å². The zero-order chi connectivity index (χ0) is 13.2. The van der Waals surface area contributed by atoms with E-state index in [1.54, 1.807) is 0 Å². The van der Waals surface area contributed by atoms with Gasteiger partial charge in [0.2, 0.25) is 0 Å². The van der Waals surface area contributed by atoms with Crippen molar-refractivity contribution in [3.8, 4) is 5.75 Å². The highest BCUT2D eigenvalue weighted by Gasteiger charge is 2.34. The number of hydrogen-bond donors (Lipinski definition) is 2. The van der Waals surface area contributed by atoms with Crippen molar-refractivity contribution in [2.24, 2.45) is 0 Å². The molecule has 0 aromatic heterocycles. The van der Waals surface area contributed by atoms with Gasteiger partial charge in [0.05, 0.1) is 18.3 Å². The summed E-state index contributed by atoms with van der Waals surface area (Å²) in [4.78, 5) is 11.9. The highest BCUT2D eigenvalue weighted by Crippen LogP contribution is 2.30. The van der Waals surface area contributed by atoms with Crippen LogP contribution in [0.3, 0.4) is 0 Å². The number of nitrogens with one attached hydrogen (secondary N) is 1. The maximum Gasteiger partial charge on any atom is 0.255 e. The van der Waals surface area contributed by atoms with Gasteiger partial charge in [0.15, 0.2) is 0 Å². The molecule has 98 valence electrons. The number of ether oxygens (including phenoxy) is 1. The molecule has 0 aliphatic heterocycles. The van der Waals surface area contributed by atoms with Gasteiger partial charge in [0, 0.05) is 6.54 Å². The fourth-order valence-corrected chi connectivity index (χ4v) is 1.96. The number of rotatable bonds is 4. The van der Waals surface area contributed by atoms with Crippen LogP contribution in [0.25, 0.3) is 0 Å². The Morgan fingerprint density at radius 1 is 1.56 bits per heavy atom. The molecule has 0 spiro atoms. The van der Waals surface area contributed by atoms with Crippen LogP contribution >= 0.6 is 0 Å². The molecule has 2 rings (SSSR count). The normalized spacial score (nSPS) is 16.8. The Balaban J connectivity index is 2.05. The number of hydrogen-bond acceptors (Lipinski definition) is 3. The summed E-state index contributed by atoms with van der Waals surface area (Å²) < 4.78 is 18.1. The molecular formula is C13H16FNO3. The summed E-state index contributed by atoms with van der Waals surface area (Å²) in [6.45, 7) is 0.186. The summed E-state index contributed by atoms with van der Waals surface area (Å²) in [5, 5.41) is 12.5. The van der Waals surface area contributed by atoms with Crippen LogP contribution in [0.2, 0.25) is 0 Å². The number of benzene rings is 1. The summed E-state index contributed by atoms with van der Waals surface area (Å²) in [5.41, 5.74) is -0.656. The molecule has 1 fully saturated rings. The molecule has 2 N–H and O–H groups in total. The average Bonchev–Trinajstić information content (AvgIpc) is 2.33. The molecule has 1 amide bonds. The minimum atomic E-state index is -0.795. The highest BCUT2D eigenvalue weighted by atomic mass is 19.1. The molecule has 0 bridgehead atoms. The molecule has 0 unspecified atom stereocenters. The predicted octanol–water partition coefficient (Wildman–Crippen LogP) is 1.48. The van der Waals surface area contributed by atoms with Gasteiger partial charge in [-0.15, -0.1) is 0 Å². The minimum absolute atomic E-state index is 0.139. The molecule has 1 aliphatic rings. The van der Waals surface area contributed by atoms with Gasteiger partial charge in [-0.25, -0.2) is 4.39 Å². The first kappa shape index (κ1) is 12.8. The van der Waals surface area contributed by atoms with E-state index >= 15 is 0 Å². The fourth-order valence-electron chi connectivity index (χ4n) is 1.96. The molecule has 4 nitrogen and oxygen atoms in total. The first-order valence-corrected chi connectivity index (χ1v) is 5.88. The fraction of sp³-hybridized carbons (Fsp3) is 0.462. The highest BCUT2D eigenvalue weighted by molar-refractivity contribution is 5.97. The van der Waals surface area contributed by atoms with Crippen LogP contribution in [-0.4, -0.2) is 30.3 Å². The number of amides is 1. The number of carbonyl (C=O) groups excluding carboxylic acids is 1. The molecule has 0 heterocycles. The van der Waals surface area contributed by atoms with Gasteiger partial charge < -0.3 is 15.2 Å². The van der Waals surface area contributed by atoms with Gasteiger partial charge in [-0.1, -0.05) is 0 Å². The van der Waals surface area contributed by atoms with Crippen LogP contribution < -0.4 is 10.1 Å². The van der Waals surface area contributed by atoms with Crippen LogP contribution in [0.1, 0.15) is 29.6 Å². The Hall–Kier alpha value is -1.62. The lowest BCUT2D eigenvalue weighted by Crippen LogP contribution is -2.47. The maximum atomic E-state index is 13.1. The Labute approximate surface area is 105 Å². The Bertz CT molecular complexity index is 458. The summed E-state index contributed by atoms with van der Waals surface area (Å²) in [6.07, 6.45) is 2.34. The van der Waals surface area contributed by atoms with E-state index in [1.165, 1.54) is 19.2 Å². The smallest absolute Gasteiger partial charge is 0.255 e. The van der Waals surface area contributed by atoms with Crippen LogP contribution in [-0.2, 0) is 0 Å². The lowest BCUT2D eigenvalue weighted by Gasteiger charge is -2.36. The second-order valence-electron chi connectivity index (χ2n) is 4.61. The number of carbonyl (C=O) groups is 1. The Morgan fingerprint density at radius 3 is 2.83 bits per heavy atom. The van der Waals surface area contributed by atoms with Gasteiger partial charge in [-0.3, -0.25) is 4.79 Å². The summed E-state index contributed by atoms with van der Waals surface area (Å²) in [7, 11) is 1.42. The minimum Gasteiger partial charge on any atom is -0.496 e. The first-order valence-electron chi connectivity index (χ1n) is 5.88. The van der Waals surface area contributed by atoms with Gasteiger partial charge in [-0.05, 0) is 37.5 Å². The molecule has 0 radical (unpaired) electrons. The third-order valence-corrected chi connectivity index (χ3v) is 3.27. The topological polar surface area (TPSA) is 58.6 Å². The van der Waals surface area contributed by atoms with E-state index in [-0.39, 0.29) is 12.1 Å². The Kier molecular flexibility index (Phi) is 3.52. The lowest BCUT2D eigenvalue weighted by atomic mass is 9.80. The maximum absolute atomic E-state index is 13.1. The summed E-state index contributed by atoms with van der Waals surface area (Å²) in [5.74, 6) is -0.621. The zero-order valence-corrected chi connectivity index (χ0v) is 10.2. The van der Waals surface area contributed by atoms with Crippen LogP contribution in [0, 0.1) is 5.82 Å². The van der Waals surface area contributed by atoms with Gasteiger partial charge >= 0.3 is 0 Å².